The first-order valence-corrected chi connectivity index (χ1v) is 11.4. The molecule has 1 amide bonds. The van der Waals surface area contributed by atoms with Gasteiger partial charge in [0.1, 0.15) is 0 Å². The molecule has 156 valence electrons. The topological polar surface area (TPSA) is 69.7 Å². The maximum Gasteiger partial charge on any atom is 0.243 e. The predicted molar refractivity (Wildman–Crippen MR) is 115 cm³/mol. The van der Waals surface area contributed by atoms with Gasteiger partial charge in [0, 0.05) is 38.3 Å². The van der Waals surface area contributed by atoms with Crippen molar-refractivity contribution in [3.8, 4) is 0 Å². The minimum Gasteiger partial charge on any atom is -0.326 e. The Morgan fingerprint density at radius 2 is 1.72 bits per heavy atom. The molecule has 1 fully saturated rings. The van der Waals surface area contributed by atoms with Crippen molar-refractivity contribution in [2.45, 2.75) is 31.1 Å². The molecule has 1 aliphatic rings. The van der Waals surface area contributed by atoms with Gasteiger partial charge < -0.3 is 10.2 Å². The Labute approximate surface area is 173 Å². The number of amides is 1. The molecule has 0 radical (unpaired) electrons. The number of likely N-dealkylation sites (N-methyl/N-ethyl adjacent to an activating group) is 1. The van der Waals surface area contributed by atoms with Gasteiger partial charge >= 0.3 is 0 Å². The van der Waals surface area contributed by atoms with E-state index in [1.165, 1.54) is 15.4 Å². The van der Waals surface area contributed by atoms with Crippen LogP contribution < -0.4 is 5.32 Å². The fourth-order valence-corrected chi connectivity index (χ4v) is 4.81. The minimum absolute atomic E-state index is 0.105. The molecular formula is C22H29N3O3S. The zero-order valence-electron chi connectivity index (χ0n) is 17.1. The fraction of sp³-hybridized carbons (Fsp3) is 0.409. The third-order valence-corrected chi connectivity index (χ3v) is 7.10. The minimum atomic E-state index is -3.54. The van der Waals surface area contributed by atoms with Gasteiger partial charge in [-0.05, 0) is 50.6 Å². The first-order chi connectivity index (χ1) is 13.8. The summed E-state index contributed by atoms with van der Waals surface area (Å²) in [6.07, 6.45) is 1.98. The van der Waals surface area contributed by atoms with Crippen molar-refractivity contribution < 1.29 is 13.2 Å². The molecule has 3 rings (SSSR count). The lowest BCUT2D eigenvalue weighted by molar-refractivity contribution is -0.116. The number of aryl methyl sites for hydroxylation is 2. The van der Waals surface area contributed by atoms with Crippen LogP contribution in [0.3, 0.4) is 0 Å². The molecule has 0 atom stereocenters. The van der Waals surface area contributed by atoms with E-state index in [1.807, 2.05) is 7.05 Å². The molecule has 0 aromatic heterocycles. The molecule has 1 heterocycles. The largest absolute Gasteiger partial charge is 0.326 e. The van der Waals surface area contributed by atoms with Gasteiger partial charge in [0.05, 0.1) is 4.90 Å². The van der Waals surface area contributed by atoms with Crippen molar-refractivity contribution in [2.75, 3.05) is 38.5 Å². The number of sulfonamides is 1. The van der Waals surface area contributed by atoms with Crippen LogP contribution in [0.15, 0.2) is 53.4 Å². The molecule has 0 unspecified atom stereocenters. The number of benzene rings is 2. The smallest absolute Gasteiger partial charge is 0.243 e. The summed E-state index contributed by atoms with van der Waals surface area (Å²) < 4.78 is 27.3. The third kappa shape index (κ3) is 5.88. The summed E-state index contributed by atoms with van der Waals surface area (Å²) in [5.74, 6) is -0.105. The molecule has 0 bridgehead atoms. The molecule has 1 N–H and O–H groups in total. The van der Waals surface area contributed by atoms with Crippen molar-refractivity contribution in [1.82, 2.24) is 9.21 Å². The number of piperazine rings is 1. The monoisotopic (exact) mass is 415 g/mol. The highest BCUT2D eigenvalue weighted by molar-refractivity contribution is 7.89. The van der Waals surface area contributed by atoms with Crippen LogP contribution in [0, 0.1) is 6.92 Å². The van der Waals surface area contributed by atoms with E-state index in [9.17, 15) is 13.2 Å². The molecular weight excluding hydrogens is 386 g/mol. The SMILES string of the molecule is Cc1ccc(CCCC(=O)Nc2cccc(S(=O)(=O)N3CCN(C)CC3)c2)cc1. The Hall–Kier alpha value is -2.22. The van der Waals surface area contributed by atoms with Gasteiger partial charge in [0.2, 0.25) is 15.9 Å². The first kappa shape index (κ1) is 21.5. The second-order valence-electron chi connectivity index (χ2n) is 7.62. The molecule has 2 aromatic rings. The molecule has 1 saturated heterocycles. The number of carbonyl (C=O) groups excluding carboxylic acids is 1. The van der Waals surface area contributed by atoms with Crippen LogP contribution in [-0.4, -0.2) is 56.8 Å². The molecule has 0 spiro atoms. The normalized spacial score (nSPS) is 15.9. The van der Waals surface area contributed by atoms with Crippen molar-refractivity contribution in [1.29, 1.82) is 0 Å². The van der Waals surface area contributed by atoms with Crippen LogP contribution in [-0.2, 0) is 21.2 Å². The van der Waals surface area contributed by atoms with Gasteiger partial charge in [0.25, 0.3) is 0 Å². The lowest BCUT2D eigenvalue weighted by atomic mass is 10.1. The maximum absolute atomic E-state index is 12.9. The Morgan fingerprint density at radius 3 is 2.41 bits per heavy atom. The second kappa shape index (κ2) is 9.52. The van der Waals surface area contributed by atoms with E-state index in [2.05, 4.69) is 41.4 Å². The summed E-state index contributed by atoms with van der Waals surface area (Å²) in [6.45, 7) is 4.45. The quantitative estimate of drug-likeness (QED) is 0.755. The summed E-state index contributed by atoms with van der Waals surface area (Å²) in [5.41, 5.74) is 2.95. The highest BCUT2D eigenvalue weighted by Crippen LogP contribution is 2.21. The van der Waals surface area contributed by atoms with Gasteiger partial charge in [-0.2, -0.15) is 4.31 Å². The van der Waals surface area contributed by atoms with Crippen LogP contribution in [0.25, 0.3) is 0 Å². The number of hydrogen-bond donors (Lipinski definition) is 1. The van der Waals surface area contributed by atoms with Gasteiger partial charge in [-0.1, -0.05) is 35.9 Å². The number of nitrogens with one attached hydrogen (secondary N) is 1. The predicted octanol–water partition coefficient (Wildman–Crippen LogP) is 2.89. The van der Waals surface area contributed by atoms with Crippen molar-refractivity contribution in [3.05, 3.63) is 59.7 Å². The molecule has 0 saturated carbocycles. The van der Waals surface area contributed by atoms with E-state index < -0.39 is 10.0 Å². The Kier molecular flexibility index (Phi) is 7.05. The number of hydrogen-bond acceptors (Lipinski definition) is 4. The van der Waals surface area contributed by atoms with E-state index in [0.29, 0.717) is 25.2 Å². The van der Waals surface area contributed by atoms with Gasteiger partial charge in [0.15, 0.2) is 0 Å². The lowest BCUT2D eigenvalue weighted by Crippen LogP contribution is -2.47. The summed E-state index contributed by atoms with van der Waals surface area (Å²) in [4.78, 5) is 14.6. The number of rotatable bonds is 7. The fourth-order valence-electron chi connectivity index (χ4n) is 3.34. The highest BCUT2D eigenvalue weighted by atomic mass is 32.2. The van der Waals surface area contributed by atoms with Crippen LogP contribution >= 0.6 is 0 Å². The Bertz CT molecular complexity index is 934. The standard InChI is InChI=1S/C22H29N3O3S/c1-18-9-11-19(12-10-18)5-3-8-22(26)23-20-6-4-7-21(17-20)29(27,28)25-15-13-24(2)14-16-25/h4,6-7,9-12,17H,3,5,8,13-16H2,1-2H3,(H,23,26). The molecule has 6 nitrogen and oxygen atoms in total. The summed E-state index contributed by atoms with van der Waals surface area (Å²) in [7, 11) is -1.56. The zero-order chi connectivity index (χ0) is 20.9. The summed E-state index contributed by atoms with van der Waals surface area (Å²) in [5, 5.41) is 2.83. The molecule has 1 aliphatic heterocycles. The maximum atomic E-state index is 12.9. The van der Waals surface area contributed by atoms with E-state index in [0.717, 1.165) is 25.9 Å². The van der Waals surface area contributed by atoms with Crippen molar-refractivity contribution >= 4 is 21.6 Å². The van der Waals surface area contributed by atoms with Crippen LogP contribution in [0.1, 0.15) is 24.0 Å². The van der Waals surface area contributed by atoms with Crippen molar-refractivity contribution in [3.63, 3.8) is 0 Å². The lowest BCUT2D eigenvalue weighted by Gasteiger charge is -2.31. The van der Waals surface area contributed by atoms with Crippen LogP contribution in [0.5, 0.6) is 0 Å². The second-order valence-corrected chi connectivity index (χ2v) is 9.56. The molecule has 2 aromatic carbocycles. The van der Waals surface area contributed by atoms with Crippen molar-refractivity contribution in [2.24, 2.45) is 0 Å². The zero-order valence-corrected chi connectivity index (χ0v) is 17.9. The van der Waals surface area contributed by atoms with Gasteiger partial charge in [-0.25, -0.2) is 8.42 Å². The Balaban J connectivity index is 1.56. The number of carbonyl (C=O) groups is 1. The summed E-state index contributed by atoms with van der Waals surface area (Å²) in [6, 6.07) is 14.8. The number of nitrogens with zero attached hydrogens (tertiary/aromatic N) is 2. The van der Waals surface area contributed by atoms with E-state index in [1.54, 1.807) is 24.3 Å². The number of anilines is 1. The highest BCUT2D eigenvalue weighted by Gasteiger charge is 2.27. The molecule has 0 aliphatic carbocycles. The van der Waals surface area contributed by atoms with Crippen LogP contribution in [0.4, 0.5) is 5.69 Å². The summed E-state index contributed by atoms with van der Waals surface area (Å²) >= 11 is 0. The average molecular weight is 416 g/mol. The molecule has 7 heteroatoms. The first-order valence-electron chi connectivity index (χ1n) is 9.99. The van der Waals surface area contributed by atoms with E-state index in [4.69, 9.17) is 0 Å². The van der Waals surface area contributed by atoms with Gasteiger partial charge in [-0.15, -0.1) is 0 Å². The average Bonchev–Trinajstić information content (AvgIpc) is 2.70. The van der Waals surface area contributed by atoms with Gasteiger partial charge in [-0.3, -0.25) is 4.79 Å². The van der Waals surface area contributed by atoms with E-state index >= 15 is 0 Å². The van der Waals surface area contributed by atoms with E-state index in [-0.39, 0.29) is 10.8 Å². The third-order valence-electron chi connectivity index (χ3n) is 5.21. The van der Waals surface area contributed by atoms with Crippen LogP contribution in [0.2, 0.25) is 0 Å². The molecule has 29 heavy (non-hydrogen) atoms. The Morgan fingerprint density at radius 1 is 1.03 bits per heavy atom.